The summed E-state index contributed by atoms with van der Waals surface area (Å²) in [6.45, 7) is 4.75. The molecule has 0 radical (unpaired) electrons. The third-order valence-corrected chi connectivity index (χ3v) is 8.67. The lowest BCUT2D eigenvalue weighted by atomic mass is 10.1. The van der Waals surface area contributed by atoms with Crippen LogP contribution in [0.2, 0.25) is 0 Å². The molecule has 0 aliphatic heterocycles. The van der Waals surface area contributed by atoms with Crippen molar-refractivity contribution in [3.8, 4) is 0 Å². The van der Waals surface area contributed by atoms with Gasteiger partial charge in [-0.2, -0.15) is 0 Å². The van der Waals surface area contributed by atoms with E-state index in [2.05, 4.69) is 18.9 Å². The molecule has 0 aliphatic rings. The molecule has 1 aromatic carbocycles. The summed E-state index contributed by atoms with van der Waals surface area (Å²) in [5.41, 5.74) is 0.918. The minimum atomic E-state index is -2.85. The molecule has 8 heteroatoms. The van der Waals surface area contributed by atoms with E-state index in [0.717, 1.165) is 44.1 Å². The summed E-state index contributed by atoms with van der Waals surface area (Å²) < 4.78 is 28.6. The maximum atomic E-state index is 12.9. The van der Waals surface area contributed by atoms with Crippen LogP contribution in [-0.2, 0) is 34.6 Å². The molecule has 43 heavy (non-hydrogen) atoms. The molecule has 1 N–H and O–H groups in total. The van der Waals surface area contributed by atoms with Crippen molar-refractivity contribution in [2.45, 2.75) is 155 Å². The Bertz CT molecular complexity index is 822. The van der Waals surface area contributed by atoms with Gasteiger partial charge in [0.25, 0.3) is 8.18 Å². The van der Waals surface area contributed by atoms with Gasteiger partial charge in [0.15, 0.2) is 6.61 Å². The molecule has 248 valence electrons. The van der Waals surface area contributed by atoms with Crippen LogP contribution in [-0.4, -0.2) is 37.8 Å². The second-order valence-electron chi connectivity index (χ2n) is 11.7. The minimum absolute atomic E-state index is 0.320. The second-order valence-corrected chi connectivity index (χ2v) is 12.9. The fourth-order valence-electron chi connectivity index (χ4n) is 5.03. The Morgan fingerprint density at radius 1 is 0.651 bits per heavy atom. The lowest BCUT2D eigenvalue weighted by molar-refractivity contribution is -0.146. The van der Waals surface area contributed by atoms with Crippen LogP contribution in [0.5, 0.6) is 0 Å². The number of ether oxygens (including phenoxy) is 2. The maximum absolute atomic E-state index is 12.9. The first-order valence-corrected chi connectivity index (χ1v) is 18.7. The fourth-order valence-corrected chi connectivity index (χ4v) is 5.87. The number of esters is 2. The molecule has 0 saturated heterocycles. The largest absolute Gasteiger partial charge is 0.465 e. The Labute approximate surface area is 263 Å². The van der Waals surface area contributed by atoms with E-state index in [1.54, 1.807) is 0 Å². The summed E-state index contributed by atoms with van der Waals surface area (Å²) >= 11 is 0. The molecule has 1 unspecified atom stereocenters. The Morgan fingerprint density at radius 3 is 1.58 bits per heavy atom. The Kier molecular flexibility index (Phi) is 26.6. The summed E-state index contributed by atoms with van der Waals surface area (Å²) in [4.78, 5) is 24.9. The van der Waals surface area contributed by atoms with Crippen molar-refractivity contribution < 1.29 is 28.2 Å². The highest BCUT2D eigenvalue weighted by Gasteiger charge is 2.23. The molecule has 0 fully saturated rings. The average Bonchev–Trinajstić information content (AvgIpc) is 3.01. The van der Waals surface area contributed by atoms with Crippen LogP contribution >= 0.6 is 8.18 Å². The van der Waals surface area contributed by atoms with E-state index in [1.165, 1.54) is 89.9 Å². The van der Waals surface area contributed by atoms with Gasteiger partial charge in [-0.1, -0.05) is 160 Å². The number of unbranched alkanes of at least 4 members (excludes halogenated alkanes) is 18. The highest BCUT2D eigenvalue weighted by atomic mass is 31.1. The quantitative estimate of drug-likeness (QED) is 0.0518. The van der Waals surface area contributed by atoms with Crippen molar-refractivity contribution in [2.24, 2.45) is 0 Å². The zero-order chi connectivity index (χ0) is 31.2. The molecule has 0 bridgehead atoms. The normalized spacial score (nSPS) is 12.6. The van der Waals surface area contributed by atoms with Gasteiger partial charge in [0.05, 0.1) is 13.2 Å². The predicted molar refractivity (Wildman–Crippen MR) is 178 cm³/mol. The lowest BCUT2D eigenvalue weighted by Gasteiger charge is -2.17. The number of carbonyl (C=O) groups excluding carboxylic acids is 2. The van der Waals surface area contributed by atoms with E-state index in [9.17, 15) is 14.2 Å². The number of hydrogen-bond donors (Lipinski definition) is 1. The second kappa shape index (κ2) is 29.0. The van der Waals surface area contributed by atoms with Crippen molar-refractivity contribution in [2.75, 3.05) is 19.8 Å². The van der Waals surface area contributed by atoms with E-state index < -0.39 is 32.8 Å². The molecular weight excluding hydrogens is 561 g/mol. The number of rotatable bonds is 30. The van der Waals surface area contributed by atoms with Crippen molar-refractivity contribution in [3.63, 3.8) is 0 Å². The molecule has 0 aromatic heterocycles. The Balaban J connectivity index is 2.24. The standard InChI is InChI=1S/C35H62NO6P/c1-3-5-7-9-11-13-15-17-19-24-28-40-34(37)31-42-43(39)36-33(30-32-26-22-21-23-27-32)35(38)41-29-25-20-18-16-14-12-10-8-6-4-2/h21-23,26-27,33,43H,3-20,24-25,28-31H2,1-2H3,(H,36,39)/t33-/m0/s1. The fraction of sp³-hybridized carbons (Fsp3) is 0.771. The van der Waals surface area contributed by atoms with Gasteiger partial charge in [0.1, 0.15) is 6.04 Å². The first-order chi connectivity index (χ1) is 21.1. The van der Waals surface area contributed by atoms with E-state index >= 15 is 0 Å². The number of nitrogens with one attached hydrogen (secondary N) is 1. The minimum Gasteiger partial charge on any atom is -0.465 e. The summed E-state index contributed by atoms with van der Waals surface area (Å²) in [7, 11) is -2.85. The molecule has 1 aromatic rings. The third-order valence-electron chi connectivity index (χ3n) is 7.68. The van der Waals surface area contributed by atoms with Crippen molar-refractivity contribution in [3.05, 3.63) is 35.9 Å². The first-order valence-electron chi connectivity index (χ1n) is 17.4. The third kappa shape index (κ3) is 24.3. The van der Waals surface area contributed by atoms with Crippen LogP contribution in [0.25, 0.3) is 0 Å². The predicted octanol–water partition coefficient (Wildman–Crippen LogP) is 9.52. The smallest absolute Gasteiger partial charge is 0.332 e. The Hall–Kier alpha value is -1.69. The highest BCUT2D eigenvalue weighted by molar-refractivity contribution is 7.36. The van der Waals surface area contributed by atoms with Gasteiger partial charge < -0.3 is 14.0 Å². The van der Waals surface area contributed by atoms with Gasteiger partial charge in [-0.25, -0.2) is 9.88 Å². The number of benzene rings is 1. The van der Waals surface area contributed by atoms with Crippen LogP contribution in [0.3, 0.4) is 0 Å². The molecule has 0 spiro atoms. The summed E-state index contributed by atoms with van der Waals surface area (Å²) in [6, 6.07) is 8.69. The molecular formula is C35H62NO6P. The van der Waals surface area contributed by atoms with Gasteiger partial charge in [0, 0.05) is 0 Å². The van der Waals surface area contributed by atoms with Crippen LogP contribution in [0.1, 0.15) is 148 Å². The van der Waals surface area contributed by atoms with Crippen molar-refractivity contribution in [1.82, 2.24) is 5.09 Å². The highest BCUT2D eigenvalue weighted by Crippen LogP contribution is 2.20. The molecule has 2 atom stereocenters. The molecule has 0 amide bonds. The topological polar surface area (TPSA) is 90.9 Å². The molecule has 7 nitrogen and oxygen atoms in total. The van der Waals surface area contributed by atoms with Crippen LogP contribution in [0, 0.1) is 0 Å². The summed E-state index contributed by atoms with van der Waals surface area (Å²) in [6.07, 6.45) is 24.5. The van der Waals surface area contributed by atoms with E-state index in [0.29, 0.717) is 19.6 Å². The SMILES string of the molecule is CCCCCCCCCCCCOC(=O)CO[PH](=O)N[C@@H](Cc1ccccc1)C(=O)OCCCCCCCCCCCC. The summed E-state index contributed by atoms with van der Waals surface area (Å²) in [5, 5.41) is 2.76. The molecule has 0 heterocycles. The first kappa shape index (κ1) is 39.3. The van der Waals surface area contributed by atoms with Crippen LogP contribution in [0.15, 0.2) is 30.3 Å². The lowest BCUT2D eigenvalue weighted by Crippen LogP contribution is -2.36. The maximum Gasteiger partial charge on any atom is 0.332 e. The van der Waals surface area contributed by atoms with E-state index in [4.69, 9.17) is 14.0 Å². The van der Waals surface area contributed by atoms with Crippen LogP contribution < -0.4 is 5.09 Å². The van der Waals surface area contributed by atoms with Gasteiger partial charge >= 0.3 is 11.9 Å². The van der Waals surface area contributed by atoms with Gasteiger partial charge in [-0.05, 0) is 24.8 Å². The van der Waals surface area contributed by atoms with Crippen LogP contribution in [0.4, 0.5) is 0 Å². The molecule has 0 aliphatic carbocycles. The zero-order valence-electron chi connectivity index (χ0n) is 27.4. The average molecular weight is 624 g/mol. The monoisotopic (exact) mass is 623 g/mol. The van der Waals surface area contributed by atoms with Gasteiger partial charge in [-0.3, -0.25) is 9.36 Å². The van der Waals surface area contributed by atoms with E-state index in [1.807, 2.05) is 30.3 Å². The van der Waals surface area contributed by atoms with Crippen molar-refractivity contribution in [1.29, 1.82) is 0 Å². The number of hydrogen-bond acceptors (Lipinski definition) is 6. The van der Waals surface area contributed by atoms with Crippen molar-refractivity contribution >= 4 is 20.1 Å². The molecule has 0 saturated carbocycles. The zero-order valence-corrected chi connectivity index (χ0v) is 28.4. The summed E-state index contributed by atoms with van der Waals surface area (Å²) in [5.74, 6) is -0.996. The molecule has 1 rings (SSSR count). The van der Waals surface area contributed by atoms with E-state index in [-0.39, 0.29) is 0 Å². The van der Waals surface area contributed by atoms with Gasteiger partial charge in [-0.15, -0.1) is 0 Å². The number of carbonyl (C=O) groups is 2. The van der Waals surface area contributed by atoms with Gasteiger partial charge in [0.2, 0.25) is 0 Å². The Morgan fingerprint density at radius 2 is 1.09 bits per heavy atom.